The summed E-state index contributed by atoms with van der Waals surface area (Å²) in [6, 6.07) is 4.18. The Balaban J connectivity index is 0.00000106. The standard InChI is InChI=1S/C12H16OS.C2H6/c1-8-5-11(7-9(2)14)10(3)12(6-8)13-4;1-2/h5-7,14H,1-4H3;1-2H3/b9-7-;. The van der Waals surface area contributed by atoms with Gasteiger partial charge in [-0.1, -0.05) is 19.9 Å². The lowest BCUT2D eigenvalue weighted by Crippen LogP contribution is -1.91. The second-order valence-corrected chi connectivity index (χ2v) is 4.17. The molecule has 0 saturated heterocycles. The Morgan fingerprint density at radius 1 is 1.25 bits per heavy atom. The lowest BCUT2D eigenvalue weighted by Gasteiger charge is -2.09. The highest BCUT2D eigenvalue weighted by molar-refractivity contribution is 7.84. The highest BCUT2D eigenvalue weighted by Crippen LogP contribution is 2.25. The van der Waals surface area contributed by atoms with E-state index in [-0.39, 0.29) is 0 Å². The Morgan fingerprint density at radius 3 is 2.25 bits per heavy atom. The van der Waals surface area contributed by atoms with E-state index in [1.54, 1.807) is 7.11 Å². The third-order valence-electron chi connectivity index (χ3n) is 2.13. The van der Waals surface area contributed by atoms with Crippen LogP contribution in [0, 0.1) is 13.8 Å². The van der Waals surface area contributed by atoms with Gasteiger partial charge in [0, 0.05) is 0 Å². The van der Waals surface area contributed by atoms with Gasteiger partial charge in [0.15, 0.2) is 0 Å². The van der Waals surface area contributed by atoms with Crippen LogP contribution < -0.4 is 4.74 Å². The summed E-state index contributed by atoms with van der Waals surface area (Å²) in [6.45, 7) is 10.1. The summed E-state index contributed by atoms with van der Waals surface area (Å²) in [5, 5.41) is 0. The van der Waals surface area contributed by atoms with Crippen molar-refractivity contribution >= 4 is 18.7 Å². The van der Waals surface area contributed by atoms with Gasteiger partial charge in [-0.05, 0) is 54.5 Å². The van der Waals surface area contributed by atoms with Gasteiger partial charge in [0.05, 0.1) is 7.11 Å². The van der Waals surface area contributed by atoms with Crippen molar-refractivity contribution in [3.05, 3.63) is 33.7 Å². The first-order valence-electron chi connectivity index (χ1n) is 5.57. The SMILES string of the molecule is CC.COc1cc(C)cc(/C=C(/C)S)c1C. The maximum atomic E-state index is 5.29. The van der Waals surface area contributed by atoms with Gasteiger partial charge in [-0.25, -0.2) is 0 Å². The summed E-state index contributed by atoms with van der Waals surface area (Å²) in [7, 11) is 1.70. The van der Waals surface area contributed by atoms with Crippen LogP contribution in [0.25, 0.3) is 6.08 Å². The fourth-order valence-corrected chi connectivity index (χ4v) is 1.58. The van der Waals surface area contributed by atoms with Crippen molar-refractivity contribution in [3.8, 4) is 5.75 Å². The number of thiol groups is 1. The molecule has 0 aromatic heterocycles. The quantitative estimate of drug-likeness (QED) is 0.739. The van der Waals surface area contributed by atoms with Crippen LogP contribution in [0.15, 0.2) is 17.0 Å². The number of hydrogen-bond donors (Lipinski definition) is 1. The maximum absolute atomic E-state index is 5.29. The minimum atomic E-state index is 0.936. The van der Waals surface area contributed by atoms with Gasteiger partial charge < -0.3 is 4.74 Å². The predicted molar refractivity (Wildman–Crippen MR) is 76.5 cm³/mol. The number of allylic oxidation sites excluding steroid dienone is 1. The topological polar surface area (TPSA) is 9.23 Å². The van der Waals surface area contributed by atoms with Crippen LogP contribution >= 0.6 is 12.6 Å². The molecule has 1 aromatic rings. The van der Waals surface area contributed by atoms with Crippen molar-refractivity contribution < 1.29 is 4.74 Å². The number of rotatable bonds is 2. The molecule has 2 heteroatoms. The molecule has 0 heterocycles. The van der Waals surface area contributed by atoms with Crippen molar-refractivity contribution in [2.75, 3.05) is 7.11 Å². The summed E-state index contributed by atoms with van der Waals surface area (Å²) in [6.07, 6.45) is 2.05. The van der Waals surface area contributed by atoms with E-state index in [2.05, 4.69) is 32.5 Å². The summed E-state index contributed by atoms with van der Waals surface area (Å²) in [5.74, 6) is 0.936. The number of benzene rings is 1. The first-order chi connectivity index (χ1) is 7.54. The third kappa shape index (κ3) is 4.31. The number of aryl methyl sites for hydroxylation is 1. The molecule has 1 rings (SSSR count). The van der Waals surface area contributed by atoms with Gasteiger partial charge in [0.1, 0.15) is 5.75 Å². The van der Waals surface area contributed by atoms with Crippen LogP contribution in [0.5, 0.6) is 5.75 Å². The van der Waals surface area contributed by atoms with E-state index in [0.29, 0.717) is 0 Å². The molecule has 0 bridgehead atoms. The molecule has 0 aliphatic heterocycles. The molecule has 90 valence electrons. The Kier molecular flexibility index (Phi) is 6.98. The second kappa shape index (κ2) is 7.39. The molecule has 1 aromatic carbocycles. The van der Waals surface area contributed by atoms with Crippen LogP contribution in [0.4, 0.5) is 0 Å². The Bertz CT molecular complexity index is 363. The Hall–Kier alpha value is -0.890. The molecule has 0 radical (unpaired) electrons. The molecule has 16 heavy (non-hydrogen) atoms. The van der Waals surface area contributed by atoms with E-state index in [1.165, 1.54) is 11.1 Å². The fraction of sp³-hybridized carbons (Fsp3) is 0.429. The van der Waals surface area contributed by atoms with Gasteiger partial charge >= 0.3 is 0 Å². The van der Waals surface area contributed by atoms with Crippen molar-refractivity contribution in [2.24, 2.45) is 0 Å². The highest BCUT2D eigenvalue weighted by Gasteiger charge is 2.03. The lowest BCUT2D eigenvalue weighted by atomic mass is 10.0. The molecule has 0 aliphatic rings. The minimum absolute atomic E-state index is 0.936. The molecule has 1 nitrogen and oxygen atoms in total. The molecule has 0 atom stereocenters. The van der Waals surface area contributed by atoms with Gasteiger partial charge in [-0.15, -0.1) is 12.6 Å². The van der Waals surface area contributed by atoms with Crippen molar-refractivity contribution in [1.29, 1.82) is 0 Å². The summed E-state index contributed by atoms with van der Waals surface area (Å²) in [5.41, 5.74) is 3.54. The van der Waals surface area contributed by atoms with Crippen LogP contribution in [0.3, 0.4) is 0 Å². The average molecular weight is 238 g/mol. The van der Waals surface area contributed by atoms with E-state index in [1.807, 2.05) is 32.9 Å². The van der Waals surface area contributed by atoms with Crippen molar-refractivity contribution in [2.45, 2.75) is 34.6 Å². The molecule has 0 N–H and O–H groups in total. The van der Waals surface area contributed by atoms with E-state index < -0.39 is 0 Å². The predicted octanol–water partition coefficient (Wildman–Crippen LogP) is 4.63. The van der Waals surface area contributed by atoms with Crippen molar-refractivity contribution in [3.63, 3.8) is 0 Å². The molecule has 0 spiro atoms. The van der Waals surface area contributed by atoms with Gasteiger partial charge in [-0.3, -0.25) is 0 Å². The fourth-order valence-electron chi connectivity index (χ4n) is 1.44. The Morgan fingerprint density at radius 2 is 1.81 bits per heavy atom. The molecular formula is C14H22OS. The minimum Gasteiger partial charge on any atom is -0.496 e. The monoisotopic (exact) mass is 238 g/mol. The van der Waals surface area contributed by atoms with Crippen LogP contribution in [-0.4, -0.2) is 7.11 Å². The van der Waals surface area contributed by atoms with Crippen LogP contribution in [0.1, 0.15) is 37.5 Å². The zero-order valence-corrected chi connectivity index (χ0v) is 12.0. The normalized spacial score (nSPS) is 10.6. The largest absolute Gasteiger partial charge is 0.496 e. The van der Waals surface area contributed by atoms with E-state index in [9.17, 15) is 0 Å². The van der Waals surface area contributed by atoms with E-state index in [4.69, 9.17) is 4.74 Å². The molecular weight excluding hydrogens is 216 g/mol. The first kappa shape index (κ1) is 15.1. The smallest absolute Gasteiger partial charge is 0.122 e. The van der Waals surface area contributed by atoms with E-state index in [0.717, 1.165) is 16.2 Å². The average Bonchev–Trinajstić information content (AvgIpc) is 2.25. The molecule has 0 fully saturated rings. The number of methoxy groups -OCH3 is 1. The van der Waals surface area contributed by atoms with Crippen LogP contribution in [-0.2, 0) is 0 Å². The van der Waals surface area contributed by atoms with Crippen molar-refractivity contribution in [1.82, 2.24) is 0 Å². The third-order valence-corrected chi connectivity index (χ3v) is 2.26. The van der Waals surface area contributed by atoms with E-state index >= 15 is 0 Å². The zero-order valence-electron chi connectivity index (χ0n) is 11.1. The molecule has 0 saturated carbocycles. The maximum Gasteiger partial charge on any atom is 0.122 e. The number of ether oxygens (including phenoxy) is 1. The van der Waals surface area contributed by atoms with Crippen LogP contribution in [0.2, 0.25) is 0 Å². The zero-order chi connectivity index (χ0) is 12.7. The lowest BCUT2D eigenvalue weighted by molar-refractivity contribution is 0.411. The molecule has 0 unspecified atom stereocenters. The summed E-state index contributed by atoms with van der Waals surface area (Å²) < 4.78 is 5.29. The molecule has 0 amide bonds. The first-order valence-corrected chi connectivity index (χ1v) is 6.02. The number of hydrogen-bond acceptors (Lipinski definition) is 2. The highest BCUT2D eigenvalue weighted by atomic mass is 32.1. The van der Waals surface area contributed by atoms with Gasteiger partial charge in [0.2, 0.25) is 0 Å². The second-order valence-electron chi connectivity index (χ2n) is 3.47. The van der Waals surface area contributed by atoms with Gasteiger partial charge in [0.25, 0.3) is 0 Å². The molecule has 0 aliphatic carbocycles. The van der Waals surface area contributed by atoms with Gasteiger partial charge in [-0.2, -0.15) is 0 Å². The summed E-state index contributed by atoms with van der Waals surface area (Å²) >= 11 is 4.27. The Labute approximate surface area is 105 Å². The summed E-state index contributed by atoms with van der Waals surface area (Å²) in [4.78, 5) is 1.00.